The fourth-order valence-corrected chi connectivity index (χ4v) is 2.36. The van der Waals surface area contributed by atoms with Crippen LogP contribution < -0.4 is 5.32 Å². The van der Waals surface area contributed by atoms with Gasteiger partial charge in [-0.2, -0.15) is 5.10 Å². The number of carbonyl (C=O) groups excluding carboxylic acids is 1. The minimum atomic E-state index is -0.456. The normalized spacial score (nSPS) is 11.6. The molecule has 0 aromatic carbocycles. The molecule has 0 saturated carbocycles. The summed E-state index contributed by atoms with van der Waals surface area (Å²) >= 11 is 0. The molecule has 0 radical (unpaired) electrons. The van der Waals surface area contributed by atoms with Crippen LogP contribution in [0.15, 0.2) is 6.20 Å². The summed E-state index contributed by atoms with van der Waals surface area (Å²) < 4.78 is 7.30. The van der Waals surface area contributed by atoms with Gasteiger partial charge in [0.2, 0.25) is 0 Å². The highest BCUT2D eigenvalue weighted by Crippen LogP contribution is 2.10. The molecule has 0 saturated heterocycles. The molecule has 1 aromatic rings. The van der Waals surface area contributed by atoms with Gasteiger partial charge in [0.05, 0.1) is 5.69 Å². The standard InChI is InChI=1S/C17H32N4O2/c1-7-10-21(16(22)23-17(3,4)5)11-9-18-12-14-13-20(6)19-15(14)8-2/h13,18H,7-12H2,1-6H3. The second kappa shape index (κ2) is 8.91. The van der Waals surface area contributed by atoms with Crippen LogP contribution in [0.2, 0.25) is 0 Å². The monoisotopic (exact) mass is 324 g/mol. The summed E-state index contributed by atoms with van der Waals surface area (Å²) in [6.07, 6.45) is 3.65. The molecule has 6 heteroatoms. The molecule has 1 amide bonds. The van der Waals surface area contributed by atoms with E-state index in [4.69, 9.17) is 4.74 Å². The Labute approximate surface area is 140 Å². The van der Waals surface area contributed by atoms with Crippen molar-refractivity contribution in [3.63, 3.8) is 0 Å². The lowest BCUT2D eigenvalue weighted by Crippen LogP contribution is -2.40. The summed E-state index contributed by atoms with van der Waals surface area (Å²) in [6.45, 7) is 12.7. The molecular weight excluding hydrogens is 292 g/mol. The summed E-state index contributed by atoms with van der Waals surface area (Å²) in [6, 6.07) is 0. The molecule has 0 aliphatic carbocycles. The Morgan fingerprint density at radius 3 is 2.61 bits per heavy atom. The number of aryl methyl sites for hydroxylation is 2. The Balaban J connectivity index is 2.45. The maximum absolute atomic E-state index is 12.2. The summed E-state index contributed by atoms with van der Waals surface area (Å²) in [4.78, 5) is 13.9. The van der Waals surface area contributed by atoms with Gasteiger partial charge in [-0.05, 0) is 33.6 Å². The number of ether oxygens (including phenoxy) is 1. The molecule has 23 heavy (non-hydrogen) atoms. The van der Waals surface area contributed by atoms with Crippen molar-refractivity contribution in [2.45, 2.75) is 59.6 Å². The molecule has 1 heterocycles. The van der Waals surface area contributed by atoms with Gasteiger partial charge >= 0.3 is 6.09 Å². The second-order valence-electron chi connectivity index (χ2n) is 6.77. The molecule has 0 aliphatic rings. The van der Waals surface area contributed by atoms with E-state index in [2.05, 4.69) is 24.3 Å². The van der Waals surface area contributed by atoms with E-state index >= 15 is 0 Å². The van der Waals surface area contributed by atoms with Crippen molar-refractivity contribution in [2.75, 3.05) is 19.6 Å². The average Bonchev–Trinajstić information content (AvgIpc) is 2.80. The van der Waals surface area contributed by atoms with Crippen molar-refractivity contribution < 1.29 is 9.53 Å². The predicted molar refractivity (Wildman–Crippen MR) is 92.4 cm³/mol. The van der Waals surface area contributed by atoms with Gasteiger partial charge in [0, 0.05) is 45.0 Å². The zero-order chi connectivity index (χ0) is 17.5. The van der Waals surface area contributed by atoms with Gasteiger partial charge in [0.25, 0.3) is 0 Å². The zero-order valence-corrected chi connectivity index (χ0v) is 15.5. The van der Waals surface area contributed by atoms with Gasteiger partial charge in [-0.3, -0.25) is 4.68 Å². The van der Waals surface area contributed by atoms with Crippen LogP contribution in [-0.4, -0.2) is 46.0 Å². The number of nitrogens with one attached hydrogen (secondary N) is 1. The van der Waals surface area contributed by atoms with Crippen LogP contribution >= 0.6 is 0 Å². The van der Waals surface area contributed by atoms with Crippen LogP contribution in [-0.2, 0) is 24.8 Å². The smallest absolute Gasteiger partial charge is 0.410 e. The molecule has 0 fully saturated rings. The predicted octanol–water partition coefficient (Wildman–Crippen LogP) is 2.72. The molecule has 0 atom stereocenters. The maximum atomic E-state index is 12.2. The minimum Gasteiger partial charge on any atom is -0.444 e. The van der Waals surface area contributed by atoms with E-state index in [-0.39, 0.29) is 6.09 Å². The largest absolute Gasteiger partial charge is 0.444 e. The van der Waals surface area contributed by atoms with E-state index in [9.17, 15) is 4.79 Å². The fourth-order valence-electron chi connectivity index (χ4n) is 2.36. The summed E-state index contributed by atoms with van der Waals surface area (Å²) in [5.41, 5.74) is 1.88. The first-order chi connectivity index (χ1) is 10.8. The van der Waals surface area contributed by atoms with Crippen molar-refractivity contribution in [1.29, 1.82) is 0 Å². The average molecular weight is 324 g/mol. The fraction of sp³-hybridized carbons (Fsp3) is 0.765. The summed E-state index contributed by atoms with van der Waals surface area (Å²) in [5, 5.41) is 7.83. The molecule has 1 N–H and O–H groups in total. The highest BCUT2D eigenvalue weighted by atomic mass is 16.6. The highest BCUT2D eigenvalue weighted by Gasteiger charge is 2.21. The van der Waals surface area contributed by atoms with E-state index in [1.54, 1.807) is 4.90 Å². The van der Waals surface area contributed by atoms with Crippen LogP contribution in [0.4, 0.5) is 4.79 Å². The number of rotatable bonds is 8. The van der Waals surface area contributed by atoms with E-state index in [1.807, 2.05) is 38.7 Å². The molecule has 0 bridgehead atoms. The minimum absolute atomic E-state index is 0.239. The number of amides is 1. The number of nitrogens with zero attached hydrogens (tertiary/aromatic N) is 3. The zero-order valence-electron chi connectivity index (χ0n) is 15.5. The van der Waals surface area contributed by atoms with Gasteiger partial charge in [0.15, 0.2) is 0 Å². The Hall–Kier alpha value is -1.56. The quantitative estimate of drug-likeness (QED) is 0.747. The first-order valence-corrected chi connectivity index (χ1v) is 8.46. The third-order valence-electron chi connectivity index (χ3n) is 3.35. The molecule has 0 unspecified atom stereocenters. The lowest BCUT2D eigenvalue weighted by Gasteiger charge is -2.27. The number of hydrogen-bond acceptors (Lipinski definition) is 4. The van der Waals surface area contributed by atoms with Crippen LogP contribution in [0.3, 0.4) is 0 Å². The van der Waals surface area contributed by atoms with Gasteiger partial charge in [-0.15, -0.1) is 0 Å². The molecular formula is C17H32N4O2. The summed E-state index contributed by atoms with van der Waals surface area (Å²) in [5.74, 6) is 0. The number of aromatic nitrogens is 2. The van der Waals surface area contributed by atoms with Gasteiger partial charge in [0.1, 0.15) is 5.60 Å². The third kappa shape index (κ3) is 7.03. The molecule has 1 aromatic heterocycles. The summed E-state index contributed by atoms with van der Waals surface area (Å²) in [7, 11) is 1.94. The number of carbonyl (C=O) groups is 1. The van der Waals surface area contributed by atoms with Crippen molar-refractivity contribution in [2.24, 2.45) is 7.05 Å². The van der Waals surface area contributed by atoms with Crippen molar-refractivity contribution >= 4 is 6.09 Å². The second-order valence-corrected chi connectivity index (χ2v) is 6.77. The molecule has 1 rings (SSSR count). The lowest BCUT2D eigenvalue weighted by molar-refractivity contribution is 0.0252. The SMILES string of the molecule is CCCN(CCNCc1cn(C)nc1CC)C(=O)OC(C)(C)C. The van der Waals surface area contributed by atoms with Crippen LogP contribution in [0.25, 0.3) is 0 Å². The molecule has 132 valence electrons. The van der Waals surface area contributed by atoms with Crippen LogP contribution in [0, 0.1) is 0 Å². The van der Waals surface area contributed by atoms with Gasteiger partial charge in [-0.25, -0.2) is 4.79 Å². The van der Waals surface area contributed by atoms with Gasteiger partial charge < -0.3 is 15.0 Å². The van der Waals surface area contributed by atoms with Gasteiger partial charge in [-0.1, -0.05) is 13.8 Å². The molecule has 6 nitrogen and oxygen atoms in total. The molecule has 0 aliphatic heterocycles. The Morgan fingerprint density at radius 2 is 2.04 bits per heavy atom. The Bertz CT molecular complexity index is 491. The molecule has 0 spiro atoms. The number of hydrogen-bond donors (Lipinski definition) is 1. The highest BCUT2D eigenvalue weighted by molar-refractivity contribution is 5.68. The van der Waals surface area contributed by atoms with Crippen molar-refractivity contribution in [3.05, 3.63) is 17.5 Å². The van der Waals surface area contributed by atoms with E-state index < -0.39 is 5.60 Å². The van der Waals surface area contributed by atoms with E-state index in [0.717, 1.165) is 31.6 Å². The van der Waals surface area contributed by atoms with Crippen LogP contribution in [0.5, 0.6) is 0 Å². The first kappa shape index (κ1) is 19.5. The van der Waals surface area contributed by atoms with E-state index in [1.165, 1.54) is 5.56 Å². The van der Waals surface area contributed by atoms with Crippen LogP contribution in [0.1, 0.15) is 52.3 Å². The maximum Gasteiger partial charge on any atom is 0.410 e. The lowest BCUT2D eigenvalue weighted by atomic mass is 10.2. The topological polar surface area (TPSA) is 59.4 Å². The first-order valence-electron chi connectivity index (χ1n) is 8.46. The van der Waals surface area contributed by atoms with Crippen molar-refractivity contribution in [3.8, 4) is 0 Å². The van der Waals surface area contributed by atoms with E-state index in [0.29, 0.717) is 13.1 Å². The van der Waals surface area contributed by atoms with Crippen molar-refractivity contribution in [1.82, 2.24) is 20.0 Å². The third-order valence-corrected chi connectivity index (χ3v) is 3.35. The Morgan fingerprint density at radius 1 is 1.35 bits per heavy atom. The Kier molecular flexibility index (Phi) is 7.55.